The van der Waals surface area contributed by atoms with Crippen LogP contribution >= 0.6 is 0 Å². The molecule has 18 heavy (non-hydrogen) atoms. The van der Waals surface area contributed by atoms with Crippen molar-refractivity contribution >= 4 is 11.8 Å². The molecule has 0 unspecified atom stereocenters. The van der Waals surface area contributed by atoms with E-state index < -0.39 is 0 Å². The van der Waals surface area contributed by atoms with Crippen LogP contribution in [0.2, 0.25) is 0 Å². The Morgan fingerprint density at radius 2 is 1.67 bits per heavy atom. The molecule has 0 saturated heterocycles. The van der Waals surface area contributed by atoms with Crippen LogP contribution in [-0.2, 0) is 9.59 Å². The van der Waals surface area contributed by atoms with Crippen LogP contribution in [0.3, 0.4) is 0 Å². The summed E-state index contributed by atoms with van der Waals surface area (Å²) in [5.41, 5.74) is -0.213. The fourth-order valence-corrected chi connectivity index (χ4v) is 1.56. The highest BCUT2D eigenvalue weighted by Crippen LogP contribution is 2.18. The second-order valence-corrected chi connectivity index (χ2v) is 5.88. The fourth-order valence-electron chi connectivity index (χ4n) is 1.56. The number of hydrogen-bond donors (Lipinski definition) is 3. The van der Waals surface area contributed by atoms with Crippen molar-refractivity contribution in [3.8, 4) is 0 Å². The van der Waals surface area contributed by atoms with Gasteiger partial charge >= 0.3 is 0 Å². The second kappa shape index (κ2) is 6.73. The third kappa shape index (κ3) is 8.06. The molecule has 0 atom stereocenters. The van der Waals surface area contributed by atoms with E-state index in [0.29, 0.717) is 25.4 Å². The zero-order chi connectivity index (χ0) is 13.6. The van der Waals surface area contributed by atoms with Gasteiger partial charge in [0.25, 0.3) is 0 Å². The van der Waals surface area contributed by atoms with Crippen LogP contribution in [0.15, 0.2) is 0 Å². The summed E-state index contributed by atoms with van der Waals surface area (Å²) in [6.45, 7) is 6.95. The molecule has 5 nitrogen and oxygen atoms in total. The molecular formula is C13H25N3O2. The van der Waals surface area contributed by atoms with Gasteiger partial charge in [-0.2, -0.15) is 0 Å². The van der Waals surface area contributed by atoms with Gasteiger partial charge in [-0.25, -0.2) is 0 Å². The number of hydrogen-bond acceptors (Lipinski definition) is 3. The van der Waals surface area contributed by atoms with Crippen LogP contribution in [0.1, 0.15) is 46.5 Å². The normalized spacial score (nSPS) is 15.3. The van der Waals surface area contributed by atoms with Gasteiger partial charge in [-0.15, -0.1) is 0 Å². The average molecular weight is 255 g/mol. The number of rotatable bonds is 7. The third-order valence-electron chi connectivity index (χ3n) is 2.55. The molecule has 1 saturated carbocycles. The molecule has 1 aliphatic rings. The molecule has 0 aliphatic heterocycles. The lowest BCUT2D eigenvalue weighted by Gasteiger charge is -2.20. The predicted octanol–water partition coefficient (Wildman–Crippen LogP) is 0.550. The van der Waals surface area contributed by atoms with Gasteiger partial charge in [0.2, 0.25) is 11.8 Å². The van der Waals surface area contributed by atoms with Crippen LogP contribution in [0, 0.1) is 0 Å². The maximum Gasteiger partial charge on any atom is 0.222 e. The van der Waals surface area contributed by atoms with Crippen LogP contribution in [0.25, 0.3) is 0 Å². The summed E-state index contributed by atoms with van der Waals surface area (Å²) in [5, 5.41) is 8.89. The Labute approximate surface area is 109 Å². The maximum atomic E-state index is 11.5. The molecule has 1 aliphatic carbocycles. The van der Waals surface area contributed by atoms with Crippen molar-refractivity contribution in [1.29, 1.82) is 0 Å². The van der Waals surface area contributed by atoms with E-state index in [4.69, 9.17) is 0 Å². The number of amides is 2. The highest BCUT2D eigenvalue weighted by atomic mass is 16.2. The molecule has 0 heterocycles. The number of carbonyl (C=O) groups excluding carboxylic acids is 2. The summed E-state index contributed by atoms with van der Waals surface area (Å²) in [6, 6.07) is 0.635. The minimum Gasteiger partial charge on any atom is -0.356 e. The lowest BCUT2D eigenvalue weighted by molar-refractivity contribution is -0.123. The second-order valence-electron chi connectivity index (χ2n) is 5.88. The Kier molecular flexibility index (Phi) is 5.59. The quantitative estimate of drug-likeness (QED) is 0.622. The molecule has 0 bridgehead atoms. The van der Waals surface area contributed by atoms with E-state index in [9.17, 15) is 9.59 Å². The van der Waals surface area contributed by atoms with E-state index >= 15 is 0 Å². The number of carbonyl (C=O) groups is 2. The van der Waals surface area contributed by atoms with Crippen molar-refractivity contribution in [3.05, 3.63) is 0 Å². The summed E-state index contributed by atoms with van der Waals surface area (Å²) >= 11 is 0. The Bertz CT molecular complexity index is 293. The van der Waals surface area contributed by atoms with E-state index in [1.165, 1.54) is 12.8 Å². The zero-order valence-corrected chi connectivity index (χ0v) is 11.6. The van der Waals surface area contributed by atoms with E-state index in [0.717, 1.165) is 6.54 Å². The summed E-state index contributed by atoms with van der Waals surface area (Å²) in [6.07, 6.45) is 3.28. The lowest BCUT2D eigenvalue weighted by Crippen LogP contribution is -2.42. The molecule has 5 heteroatoms. The standard InChI is InChI=1S/C13H25N3O2/c1-13(2,3)16-12(18)7-9-15-11(17)6-8-14-10-4-5-10/h10,14H,4-9H2,1-3H3,(H,15,17)(H,16,18). The highest BCUT2D eigenvalue weighted by Gasteiger charge is 2.20. The molecule has 0 aromatic carbocycles. The van der Waals surface area contributed by atoms with Gasteiger partial charge in [-0.05, 0) is 33.6 Å². The largest absolute Gasteiger partial charge is 0.356 e. The fraction of sp³-hybridized carbons (Fsp3) is 0.846. The van der Waals surface area contributed by atoms with Crippen molar-refractivity contribution in [2.75, 3.05) is 13.1 Å². The Hall–Kier alpha value is -1.10. The van der Waals surface area contributed by atoms with Gasteiger partial charge < -0.3 is 16.0 Å². The van der Waals surface area contributed by atoms with Gasteiger partial charge in [0.15, 0.2) is 0 Å². The average Bonchev–Trinajstić information content (AvgIpc) is 2.98. The van der Waals surface area contributed by atoms with Gasteiger partial charge in [-0.3, -0.25) is 9.59 Å². The SMILES string of the molecule is CC(C)(C)NC(=O)CCNC(=O)CCNC1CC1. The lowest BCUT2D eigenvalue weighted by atomic mass is 10.1. The van der Waals surface area contributed by atoms with Gasteiger partial charge in [0.05, 0.1) is 0 Å². The van der Waals surface area contributed by atoms with Crippen LogP contribution in [0.5, 0.6) is 0 Å². The zero-order valence-electron chi connectivity index (χ0n) is 11.6. The van der Waals surface area contributed by atoms with Crippen molar-refractivity contribution in [1.82, 2.24) is 16.0 Å². The van der Waals surface area contributed by atoms with Crippen molar-refractivity contribution in [3.63, 3.8) is 0 Å². The topological polar surface area (TPSA) is 70.2 Å². The van der Waals surface area contributed by atoms with E-state index in [1.54, 1.807) is 0 Å². The predicted molar refractivity (Wildman–Crippen MR) is 71.2 cm³/mol. The first-order valence-corrected chi connectivity index (χ1v) is 6.68. The van der Waals surface area contributed by atoms with Gasteiger partial charge in [0.1, 0.15) is 0 Å². The Balaban J connectivity index is 1.98. The molecule has 0 radical (unpaired) electrons. The van der Waals surface area contributed by atoms with E-state index in [1.807, 2.05) is 20.8 Å². The van der Waals surface area contributed by atoms with E-state index in [2.05, 4.69) is 16.0 Å². The summed E-state index contributed by atoms with van der Waals surface area (Å²) in [4.78, 5) is 22.9. The minimum absolute atomic E-state index is 0.00621. The molecule has 1 fully saturated rings. The molecule has 0 aromatic rings. The highest BCUT2D eigenvalue weighted by molar-refractivity contribution is 5.79. The van der Waals surface area contributed by atoms with Gasteiger partial charge in [-0.1, -0.05) is 0 Å². The first kappa shape index (κ1) is 15.0. The van der Waals surface area contributed by atoms with Crippen molar-refractivity contribution in [2.45, 2.75) is 58.0 Å². The monoisotopic (exact) mass is 255 g/mol. The van der Waals surface area contributed by atoms with Crippen molar-refractivity contribution < 1.29 is 9.59 Å². The molecular weight excluding hydrogens is 230 g/mol. The molecule has 0 spiro atoms. The van der Waals surface area contributed by atoms with Crippen LogP contribution in [-0.4, -0.2) is 36.5 Å². The summed E-state index contributed by atoms with van der Waals surface area (Å²) < 4.78 is 0. The molecule has 1 rings (SSSR count). The number of nitrogens with one attached hydrogen (secondary N) is 3. The smallest absolute Gasteiger partial charge is 0.222 e. The van der Waals surface area contributed by atoms with E-state index in [-0.39, 0.29) is 17.4 Å². The summed E-state index contributed by atoms with van der Waals surface area (Å²) in [7, 11) is 0. The van der Waals surface area contributed by atoms with Gasteiger partial charge in [0, 0.05) is 37.5 Å². The molecule has 0 aromatic heterocycles. The maximum absolute atomic E-state index is 11.5. The molecule has 3 N–H and O–H groups in total. The van der Waals surface area contributed by atoms with Crippen molar-refractivity contribution in [2.24, 2.45) is 0 Å². The van der Waals surface area contributed by atoms with Crippen LogP contribution < -0.4 is 16.0 Å². The Morgan fingerprint density at radius 3 is 2.22 bits per heavy atom. The molecule has 104 valence electrons. The minimum atomic E-state index is -0.213. The Morgan fingerprint density at radius 1 is 1.06 bits per heavy atom. The third-order valence-corrected chi connectivity index (χ3v) is 2.55. The summed E-state index contributed by atoms with van der Waals surface area (Å²) in [5.74, 6) is -0.0226. The first-order valence-electron chi connectivity index (χ1n) is 6.68. The molecule has 2 amide bonds. The van der Waals surface area contributed by atoms with Crippen LogP contribution in [0.4, 0.5) is 0 Å². The first-order chi connectivity index (χ1) is 8.37.